The molecule has 1 N–H and O–H groups in total. The molecule has 0 bridgehead atoms. The number of rotatable bonds is 1. The molecule has 84 valence electrons. The minimum absolute atomic E-state index is 0.0324. The maximum absolute atomic E-state index is 11.3. The second-order valence-corrected chi connectivity index (χ2v) is 5.46. The first kappa shape index (κ1) is 10.5. The van der Waals surface area contributed by atoms with Gasteiger partial charge in [0, 0.05) is 11.8 Å². The molecule has 0 spiro atoms. The van der Waals surface area contributed by atoms with Crippen molar-refractivity contribution in [2.45, 2.75) is 45.6 Å². The van der Waals surface area contributed by atoms with E-state index in [2.05, 4.69) is 5.16 Å². The van der Waals surface area contributed by atoms with Gasteiger partial charge in [0.2, 0.25) is 5.60 Å². The van der Waals surface area contributed by atoms with E-state index in [1.807, 2.05) is 20.8 Å². The predicted octanol–water partition coefficient (Wildman–Crippen LogP) is 2.04. The number of hydrogen-bond acceptors (Lipinski definition) is 3. The van der Waals surface area contributed by atoms with E-state index in [1.54, 1.807) is 0 Å². The van der Waals surface area contributed by atoms with Crippen LogP contribution >= 0.6 is 0 Å². The topological polar surface area (TPSA) is 58.9 Å². The van der Waals surface area contributed by atoms with E-state index in [0.29, 0.717) is 6.42 Å². The molecule has 0 saturated heterocycles. The Morgan fingerprint density at radius 1 is 1.60 bits per heavy atom. The van der Waals surface area contributed by atoms with Gasteiger partial charge in [-0.2, -0.15) is 0 Å². The van der Waals surface area contributed by atoms with Gasteiger partial charge in [-0.15, -0.1) is 0 Å². The predicted molar refractivity (Wildman–Crippen MR) is 55.7 cm³/mol. The number of carbonyl (C=O) groups is 1. The average molecular weight is 211 g/mol. The van der Waals surface area contributed by atoms with Crippen molar-refractivity contribution in [2.24, 2.45) is 16.5 Å². The van der Waals surface area contributed by atoms with Crippen LogP contribution in [0.1, 0.15) is 40.0 Å². The first-order valence-corrected chi connectivity index (χ1v) is 5.38. The van der Waals surface area contributed by atoms with Crippen LogP contribution in [0.4, 0.5) is 0 Å². The smallest absolute Gasteiger partial charge is 0.351 e. The lowest BCUT2D eigenvalue weighted by Crippen LogP contribution is -2.44. The molecule has 1 aliphatic heterocycles. The molecule has 1 fully saturated rings. The number of nitrogens with zero attached hydrogens (tertiary/aromatic N) is 1. The number of fused-ring (bicyclic) bond motifs is 1. The normalized spacial score (nSPS) is 34.6. The summed E-state index contributed by atoms with van der Waals surface area (Å²) in [5, 5.41) is 13.3. The average Bonchev–Trinajstić information content (AvgIpc) is 2.55. The van der Waals surface area contributed by atoms with Crippen LogP contribution in [-0.2, 0) is 9.63 Å². The van der Waals surface area contributed by atoms with Gasteiger partial charge in [0.1, 0.15) is 0 Å². The highest BCUT2D eigenvalue weighted by Crippen LogP contribution is 2.47. The van der Waals surface area contributed by atoms with Crippen molar-refractivity contribution in [3.8, 4) is 0 Å². The Balaban J connectivity index is 2.33. The largest absolute Gasteiger partial charge is 0.478 e. The van der Waals surface area contributed by atoms with Crippen LogP contribution in [0.15, 0.2) is 5.16 Å². The third-order valence-electron chi connectivity index (χ3n) is 3.37. The van der Waals surface area contributed by atoms with Crippen molar-refractivity contribution in [3.63, 3.8) is 0 Å². The Morgan fingerprint density at radius 2 is 2.27 bits per heavy atom. The summed E-state index contributed by atoms with van der Waals surface area (Å²) in [7, 11) is 0. The van der Waals surface area contributed by atoms with Crippen LogP contribution in [0, 0.1) is 11.3 Å². The minimum atomic E-state index is -1.05. The fourth-order valence-electron chi connectivity index (χ4n) is 2.59. The second kappa shape index (κ2) is 2.97. The van der Waals surface area contributed by atoms with Gasteiger partial charge in [0.15, 0.2) is 0 Å². The number of aliphatic carboxylic acids is 1. The van der Waals surface area contributed by atoms with Gasteiger partial charge in [-0.05, 0) is 12.8 Å². The lowest BCUT2D eigenvalue weighted by atomic mass is 9.76. The molecule has 1 heterocycles. The third kappa shape index (κ3) is 1.34. The van der Waals surface area contributed by atoms with Gasteiger partial charge in [0.25, 0.3) is 0 Å². The zero-order valence-electron chi connectivity index (χ0n) is 9.41. The van der Waals surface area contributed by atoms with Gasteiger partial charge in [-0.1, -0.05) is 25.9 Å². The molecule has 2 rings (SSSR count). The highest BCUT2D eigenvalue weighted by Gasteiger charge is 2.59. The van der Waals surface area contributed by atoms with E-state index in [0.717, 1.165) is 18.6 Å². The van der Waals surface area contributed by atoms with Gasteiger partial charge in [-0.3, -0.25) is 0 Å². The van der Waals surface area contributed by atoms with Crippen molar-refractivity contribution in [1.29, 1.82) is 0 Å². The van der Waals surface area contributed by atoms with Gasteiger partial charge >= 0.3 is 5.97 Å². The van der Waals surface area contributed by atoms with E-state index in [9.17, 15) is 9.90 Å². The van der Waals surface area contributed by atoms with Crippen molar-refractivity contribution < 1.29 is 14.7 Å². The molecule has 1 aliphatic carbocycles. The molecule has 15 heavy (non-hydrogen) atoms. The van der Waals surface area contributed by atoms with Crippen LogP contribution < -0.4 is 0 Å². The zero-order valence-corrected chi connectivity index (χ0v) is 9.41. The highest BCUT2D eigenvalue weighted by molar-refractivity contribution is 5.98. The summed E-state index contributed by atoms with van der Waals surface area (Å²) in [6.07, 6.45) is 2.37. The first-order valence-electron chi connectivity index (χ1n) is 5.38. The van der Waals surface area contributed by atoms with Crippen molar-refractivity contribution >= 4 is 11.7 Å². The third-order valence-corrected chi connectivity index (χ3v) is 3.37. The van der Waals surface area contributed by atoms with Gasteiger partial charge in [0.05, 0.1) is 11.6 Å². The maximum atomic E-state index is 11.3. The summed E-state index contributed by atoms with van der Waals surface area (Å²) in [5.41, 5.74) is -0.253. The first-order chi connectivity index (χ1) is 6.88. The molecule has 0 aromatic rings. The number of carboxylic acid groups (broad SMARTS) is 1. The summed E-state index contributed by atoms with van der Waals surface area (Å²) >= 11 is 0. The summed E-state index contributed by atoms with van der Waals surface area (Å²) in [4.78, 5) is 16.5. The minimum Gasteiger partial charge on any atom is -0.478 e. The Bertz CT molecular complexity index is 329. The van der Waals surface area contributed by atoms with Crippen LogP contribution in [0.5, 0.6) is 0 Å². The van der Waals surface area contributed by atoms with Crippen LogP contribution in [-0.4, -0.2) is 22.4 Å². The number of hydrogen-bond donors (Lipinski definition) is 1. The summed E-state index contributed by atoms with van der Waals surface area (Å²) in [6, 6.07) is 0. The fraction of sp³-hybridized carbons (Fsp3) is 0.818. The standard InChI is InChI=1S/C11H17NO3/c1-10(2,3)8-7-5-4-6-11(7,9(13)14)15-12-8/h7H,4-6H2,1-3H3,(H,13,14). The second-order valence-electron chi connectivity index (χ2n) is 5.46. The molecule has 0 aromatic heterocycles. The van der Waals surface area contributed by atoms with Crippen molar-refractivity contribution in [1.82, 2.24) is 0 Å². The Hall–Kier alpha value is -1.06. The Kier molecular flexibility index (Phi) is 2.07. The maximum Gasteiger partial charge on any atom is 0.351 e. The Labute approximate surface area is 89.3 Å². The Morgan fingerprint density at radius 3 is 2.80 bits per heavy atom. The highest BCUT2D eigenvalue weighted by atomic mass is 16.7. The molecule has 4 heteroatoms. The molecule has 0 aromatic carbocycles. The van der Waals surface area contributed by atoms with Gasteiger partial charge in [-0.25, -0.2) is 4.79 Å². The van der Waals surface area contributed by atoms with E-state index < -0.39 is 11.6 Å². The molecule has 2 unspecified atom stereocenters. The molecular weight excluding hydrogens is 194 g/mol. The van der Waals surface area contributed by atoms with E-state index in [1.165, 1.54) is 0 Å². The molecule has 0 amide bonds. The van der Waals surface area contributed by atoms with Crippen molar-refractivity contribution in [2.75, 3.05) is 0 Å². The monoisotopic (exact) mass is 211 g/mol. The van der Waals surface area contributed by atoms with Crippen LogP contribution in [0.3, 0.4) is 0 Å². The number of oxime groups is 1. The summed E-state index contributed by atoms with van der Waals surface area (Å²) in [5.74, 6) is -0.900. The lowest BCUT2D eigenvalue weighted by Gasteiger charge is -2.26. The van der Waals surface area contributed by atoms with Crippen LogP contribution in [0.25, 0.3) is 0 Å². The fourth-order valence-corrected chi connectivity index (χ4v) is 2.59. The summed E-state index contributed by atoms with van der Waals surface area (Å²) in [6.45, 7) is 6.14. The molecule has 2 aliphatic rings. The molecule has 2 atom stereocenters. The lowest BCUT2D eigenvalue weighted by molar-refractivity contribution is -0.164. The zero-order chi connectivity index (χ0) is 11.3. The SMILES string of the molecule is CC(C)(C)C1=NOC2(C(=O)O)CCCC12. The van der Waals surface area contributed by atoms with Crippen LogP contribution in [0.2, 0.25) is 0 Å². The number of carboxylic acids is 1. The van der Waals surface area contributed by atoms with Crippen molar-refractivity contribution in [3.05, 3.63) is 0 Å². The molecular formula is C11H17NO3. The van der Waals surface area contributed by atoms with E-state index in [-0.39, 0.29) is 11.3 Å². The molecule has 0 radical (unpaired) electrons. The van der Waals surface area contributed by atoms with E-state index >= 15 is 0 Å². The van der Waals surface area contributed by atoms with E-state index in [4.69, 9.17) is 4.84 Å². The summed E-state index contributed by atoms with van der Waals surface area (Å²) < 4.78 is 0. The molecule has 4 nitrogen and oxygen atoms in total. The quantitative estimate of drug-likeness (QED) is 0.722. The molecule has 1 saturated carbocycles. The van der Waals surface area contributed by atoms with Gasteiger partial charge < -0.3 is 9.94 Å².